The molecule has 0 bridgehead atoms. The molecule has 3 nitrogen and oxygen atoms in total. The van der Waals surface area contributed by atoms with E-state index in [4.69, 9.17) is 9.05 Å². The van der Waals surface area contributed by atoms with Gasteiger partial charge in [-0.25, -0.2) is 4.57 Å². The Morgan fingerprint density at radius 2 is 1.56 bits per heavy atom. The third-order valence-electron chi connectivity index (χ3n) is 4.71. The maximum atomic E-state index is 13.1. The Labute approximate surface area is 164 Å². The standard InChI is InChI=1S/C23H33O3P/c1-6-7-17-27(24,25-18-19(2)3)26-22-15-13-21(14-16-22)23(4,5)20-11-9-8-10-12-20/h8-16,19H,6-7,17-18H2,1-5H3. The SMILES string of the molecule is CCCCP(=O)(OCC(C)C)Oc1ccc(C(C)(C)c2ccccc2)cc1. The van der Waals surface area contributed by atoms with Gasteiger partial charge < -0.3 is 4.52 Å². The first-order chi connectivity index (χ1) is 12.8. The van der Waals surface area contributed by atoms with Crippen molar-refractivity contribution in [3.05, 3.63) is 65.7 Å². The van der Waals surface area contributed by atoms with E-state index in [-0.39, 0.29) is 5.41 Å². The van der Waals surface area contributed by atoms with Gasteiger partial charge >= 0.3 is 7.60 Å². The summed E-state index contributed by atoms with van der Waals surface area (Å²) in [5, 5.41) is 0. The van der Waals surface area contributed by atoms with Crippen LogP contribution in [0.4, 0.5) is 0 Å². The summed E-state index contributed by atoms with van der Waals surface area (Å²) in [5.74, 6) is 0.920. The Kier molecular flexibility index (Phi) is 7.70. The summed E-state index contributed by atoms with van der Waals surface area (Å²) in [6.07, 6.45) is 2.24. The van der Waals surface area contributed by atoms with E-state index < -0.39 is 7.60 Å². The number of unbranched alkanes of at least 4 members (excludes halogenated alkanes) is 1. The van der Waals surface area contributed by atoms with Crippen LogP contribution < -0.4 is 4.52 Å². The van der Waals surface area contributed by atoms with Crippen molar-refractivity contribution in [2.75, 3.05) is 12.8 Å². The van der Waals surface area contributed by atoms with Crippen molar-refractivity contribution in [3.63, 3.8) is 0 Å². The summed E-state index contributed by atoms with van der Waals surface area (Å²) in [7, 11) is -3.13. The maximum absolute atomic E-state index is 13.1. The van der Waals surface area contributed by atoms with E-state index in [0.29, 0.717) is 24.4 Å². The van der Waals surface area contributed by atoms with Crippen LogP contribution in [0.25, 0.3) is 0 Å². The van der Waals surface area contributed by atoms with Gasteiger partial charge in [0.25, 0.3) is 0 Å². The highest BCUT2D eigenvalue weighted by Gasteiger charge is 2.27. The molecule has 27 heavy (non-hydrogen) atoms. The van der Waals surface area contributed by atoms with E-state index >= 15 is 0 Å². The van der Waals surface area contributed by atoms with Crippen molar-refractivity contribution in [1.29, 1.82) is 0 Å². The summed E-state index contributed by atoms with van der Waals surface area (Å²) < 4.78 is 24.7. The van der Waals surface area contributed by atoms with Crippen LogP contribution in [0.2, 0.25) is 0 Å². The van der Waals surface area contributed by atoms with Gasteiger partial charge in [-0.05, 0) is 35.6 Å². The van der Waals surface area contributed by atoms with Crippen LogP contribution in [-0.4, -0.2) is 12.8 Å². The molecule has 0 N–H and O–H groups in total. The van der Waals surface area contributed by atoms with Crippen LogP contribution in [0, 0.1) is 5.92 Å². The van der Waals surface area contributed by atoms with E-state index in [1.165, 1.54) is 11.1 Å². The zero-order chi connectivity index (χ0) is 19.9. The van der Waals surface area contributed by atoms with Crippen molar-refractivity contribution in [2.45, 2.75) is 52.9 Å². The molecule has 1 atom stereocenters. The fraction of sp³-hybridized carbons (Fsp3) is 0.478. The van der Waals surface area contributed by atoms with E-state index in [0.717, 1.165) is 12.8 Å². The minimum absolute atomic E-state index is 0.111. The Morgan fingerprint density at radius 3 is 2.11 bits per heavy atom. The number of benzene rings is 2. The average molecular weight is 388 g/mol. The molecule has 0 saturated heterocycles. The van der Waals surface area contributed by atoms with Crippen molar-refractivity contribution >= 4 is 7.60 Å². The van der Waals surface area contributed by atoms with Gasteiger partial charge in [0.1, 0.15) is 5.75 Å². The highest BCUT2D eigenvalue weighted by Crippen LogP contribution is 2.49. The predicted molar refractivity (Wildman–Crippen MR) is 114 cm³/mol. The maximum Gasteiger partial charge on any atom is 0.379 e. The summed E-state index contributed by atoms with van der Waals surface area (Å²) >= 11 is 0. The van der Waals surface area contributed by atoms with Crippen molar-refractivity contribution in [1.82, 2.24) is 0 Å². The summed E-state index contributed by atoms with van der Waals surface area (Å²) in [6.45, 7) is 11.0. The van der Waals surface area contributed by atoms with E-state index in [2.05, 4.69) is 57.2 Å². The van der Waals surface area contributed by atoms with Gasteiger partial charge in [0.05, 0.1) is 12.8 Å². The summed E-state index contributed by atoms with van der Waals surface area (Å²) in [6, 6.07) is 18.3. The Hall–Kier alpha value is -1.57. The zero-order valence-electron chi connectivity index (χ0n) is 17.3. The quantitative estimate of drug-likeness (QED) is 0.409. The van der Waals surface area contributed by atoms with Crippen LogP contribution >= 0.6 is 7.60 Å². The van der Waals surface area contributed by atoms with Gasteiger partial charge in [-0.1, -0.05) is 83.5 Å². The molecular formula is C23H33O3P. The fourth-order valence-electron chi connectivity index (χ4n) is 2.87. The lowest BCUT2D eigenvalue weighted by Gasteiger charge is -2.26. The number of rotatable bonds is 10. The van der Waals surface area contributed by atoms with Crippen LogP contribution in [-0.2, 0) is 14.5 Å². The lowest BCUT2D eigenvalue weighted by Crippen LogP contribution is -2.18. The second kappa shape index (κ2) is 9.57. The van der Waals surface area contributed by atoms with Gasteiger partial charge in [0, 0.05) is 5.41 Å². The van der Waals surface area contributed by atoms with E-state index in [1.54, 1.807) is 0 Å². The second-order valence-electron chi connectivity index (χ2n) is 7.98. The molecule has 0 aromatic heterocycles. The number of hydrogen-bond donors (Lipinski definition) is 0. The van der Waals surface area contributed by atoms with Gasteiger partial charge in [0.15, 0.2) is 0 Å². The summed E-state index contributed by atoms with van der Waals surface area (Å²) in [4.78, 5) is 0. The highest BCUT2D eigenvalue weighted by atomic mass is 31.2. The monoisotopic (exact) mass is 388 g/mol. The van der Waals surface area contributed by atoms with E-state index in [1.807, 2.05) is 32.0 Å². The second-order valence-corrected chi connectivity index (χ2v) is 10.1. The normalized spacial score (nSPS) is 14.1. The van der Waals surface area contributed by atoms with Crippen LogP contribution in [0.3, 0.4) is 0 Å². The minimum atomic E-state index is -3.13. The third-order valence-corrected chi connectivity index (χ3v) is 6.60. The smallest absolute Gasteiger partial charge is 0.379 e. The molecule has 0 amide bonds. The molecule has 0 saturated carbocycles. The molecule has 1 unspecified atom stereocenters. The molecule has 0 aliphatic heterocycles. The molecule has 0 aliphatic rings. The van der Waals surface area contributed by atoms with Crippen LogP contribution in [0.5, 0.6) is 5.75 Å². The largest absolute Gasteiger partial charge is 0.424 e. The van der Waals surface area contributed by atoms with Crippen LogP contribution in [0.1, 0.15) is 58.6 Å². The first kappa shape index (κ1) is 21.7. The Bertz CT molecular complexity index is 736. The molecule has 0 spiro atoms. The first-order valence-corrected chi connectivity index (χ1v) is 11.6. The van der Waals surface area contributed by atoms with Crippen molar-refractivity contribution in [2.24, 2.45) is 5.92 Å². The molecule has 4 heteroatoms. The Balaban J connectivity index is 2.16. The molecule has 148 valence electrons. The van der Waals surface area contributed by atoms with Crippen molar-refractivity contribution in [3.8, 4) is 5.75 Å². The Morgan fingerprint density at radius 1 is 0.963 bits per heavy atom. The number of hydrogen-bond acceptors (Lipinski definition) is 3. The van der Waals surface area contributed by atoms with Gasteiger partial charge in [-0.15, -0.1) is 0 Å². The molecular weight excluding hydrogens is 355 g/mol. The predicted octanol–water partition coefficient (Wildman–Crippen LogP) is 7.06. The van der Waals surface area contributed by atoms with E-state index in [9.17, 15) is 4.57 Å². The van der Waals surface area contributed by atoms with Gasteiger partial charge in [0.2, 0.25) is 0 Å². The minimum Gasteiger partial charge on any atom is -0.424 e. The molecule has 0 aliphatic carbocycles. The zero-order valence-corrected chi connectivity index (χ0v) is 18.2. The molecule has 2 rings (SSSR count). The van der Waals surface area contributed by atoms with Crippen LogP contribution in [0.15, 0.2) is 54.6 Å². The lowest BCUT2D eigenvalue weighted by molar-refractivity contribution is 0.233. The molecule has 0 fully saturated rings. The molecule has 0 heterocycles. The topological polar surface area (TPSA) is 35.5 Å². The highest BCUT2D eigenvalue weighted by molar-refractivity contribution is 7.54. The van der Waals surface area contributed by atoms with Gasteiger partial charge in [-0.3, -0.25) is 4.52 Å². The lowest BCUT2D eigenvalue weighted by atomic mass is 9.78. The third kappa shape index (κ3) is 6.23. The van der Waals surface area contributed by atoms with Gasteiger partial charge in [-0.2, -0.15) is 0 Å². The summed E-state index contributed by atoms with van der Waals surface area (Å²) in [5.41, 5.74) is 2.33. The fourth-order valence-corrected chi connectivity index (χ4v) is 4.81. The first-order valence-electron chi connectivity index (χ1n) is 9.86. The van der Waals surface area contributed by atoms with Crippen molar-refractivity contribution < 1.29 is 13.6 Å². The molecule has 2 aromatic carbocycles. The molecule has 2 aromatic rings. The molecule has 0 radical (unpaired) electrons. The average Bonchev–Trinajstić information content (AvgIpc) is 2.66.